The van der Waals surface area contributed by atoms with E-state index in [1.807, 2.05) is 18.2 Å². The van der Waals surface area contributed by atoms with Crippen molar-refractivity contribution in [3.63, 3.8) is 0 Å². The fourth-order valence-electron chi connectivity index (χ4n) is 3.64. The van der Waals surface area contributed by atoms with Crippen LogP contribution in [0.15, 0.2) is 94.1 Å². The van der Waals surface area contributed by atoms with Crippen molar-refractivity contribution in [2.75, 3.05) is 0 Å². The van der Waals surface area contributed by atoms with Crippen molar-refractivity contribution in [1.82, 2.24) is 15.8 Å². The van der Waals surface area contributed by atoms with Gasteiger partial charge in [-0.3, -0.25) is 20.4 Å². The molecule has 0 unspecified atom stereocenters. The minimum absolute atomic E-state index is 0.227. The van der Waals surface area contributed by atoms with Gasteiger partial charge in [0.25, 0.3) is 11.8 Å². The summed E-state index contributed by atoms with van der Waals surface area (Å²) in [6, 6.07) is 24.2. The van der Waals surface area contributed by atoms with Crippen molar-refractivity contribution in [2.45, 2.75) is 0 Å². The highest BCUT2D eigenvalue weighted by Crippen LogP contribution is 2.29. The number of carbonyl (C=O) groups excluding carboxylic acids is 2. The van der Waals surface area contributed by atoms with Gasteiger partial charge in [0.1, 0.15) is 11.1 Å². The first-order chi connectivity index (χ1) is 16.5. The molecule has 2 aromatic heterocycles. The molecule has 5 rings (SSSR count). The fourth-order valence-corrected chi connectivity index (χ4v) is 3.87. The van der Waals surface area contributed by atoms with E-state index in [1.54, 1.807) is 60.7 Å². The lowest BCUT2D eigenvalue weighted by molar-refractivity contribution is 0.0845. The predicted octanol–water partition coefficient (Wildman–Crippen LogP) is 4.74. The van der Waals surface area contributed by atoms with E-state index in [2.05, 4.69) is 15.8 Å². The molecule has 2 N–H and O–H groups in total. The standard InChI is InChI=1S/C26H16ClN3O4/c27-20-10-4-2-9-17(20)22-14-18(16-8-3-5-11-21(16)28-22)24(31)29-30-25(32)19-13-15-7-1-6-12-23(15)34-26(19)33/h1-14H,(H,29,31)(H,30,32). The van der Waals surface area contributed by atoms with E-state index in [4.69, 9.17) is 16.0 Å². The molecular formula is C26H16ClN3O4. The van der Waals surface area contributed by atoms with Crippen LogP contribution in [0.4, 0.5) is 0 Å². The number of hydrazine groups is 1. The SMILES string of the molecule is O=C(NNC(=O)c1cc(-c2ccccc2Cl)nc2ccccc12)c1cc2ccccc2oc1=O. The number of hydrogen-bond acceptors (Lipinski definition) is 5. The number of nitrogens with one attached hydrogen (secondary N) is 2. The van der Waals surface area contributed by atoms with Gasteiger partial charge in [0.15, 0.2) is 0 Å². The smallest absolute Gasteiger partial charge is 0.349 e. The van der Waals surface area contributed by atoms with Crippen molar-refractivity contribution in [2.24, 2.45) is 0 Å². The molecule has 0 aliphatic heterocycles. The third kappa shape index (κ3) is 4.00. The molecule has 0 radical (unpaired) electrons. The van der Waals surface area contributed by atoms with Gasteiger partial charge in [-0.2, -0.15) is 0 Å². The minimum Gasteiger partial charge on any atom is -0.422 e. The normalized spacial score (nSPS) is 10.9. The van der Waals surface area contributed by atoms with Gasteiger partial charge in [-0.25, -0.2) is 9.78 Å². The summed E-state index contributed by atoms with van der Waals surface area (Å²) >= 11 is 6.33. The highest BCUT2D eigenvalue weighted by atomic mass is 35.5. The van der Waals surface area contributed by atoms with Crippen LogP contribution in [-0.2, 0) is 0 Å². The lowest BCUT2D eigenvalue weighted by Crippen LogP contribution is -2.43. The molecule has 7 nitrogen and oxygen atoms in total. The van der Waals surface area contributed by atoms with Gasteiger partial charge < -0.3 is 4.42 Å². The van der Waals surface area contributed by atoms with Crippen LogP contribution in [0.25, 0.3) is 33.1 Å². The Kier molecular flexibility index (Phi) is 5.53. The molecule has 0 atom stereocenters. The van der Waals surface area contributed by atoms with Gasteiger partial charge in [-0.15, -0.1) is 0 Å². The summed E-state index contributed by atoms with van der Waals surface area (Å²) in [7, 11) is 0. The maximum absolute atomic E-state index is 13.1. The van der Waals surface area contributed by atoms with Crippen LogP contribution in [0.1, 0.15) is 20.7 Å². The summed E-state index contributed by atoms with van der Waals surface area (Å²) in [5.74, 6) is -1.37. The Morgan fingerprint density at radius 3 is 2.29 bits per heavy atom. The van der Waals surface area contributed by atoms with Gasteiger partial charge in [-0.1, -0.05) is 66.2 Å². The van der Waals surface area contributed by atoms with Gasteiger partial charge in [0.05, 0.1) is 16.8 Å². The summed E-state index contributed by atoms with van der Waals surface area (Å²) in [6.07, 6.45) is 0. The second-order valence-electron chi connectivity index (χ2n) is 7.45. The van der Waals surface area contributed by atoms with Gasteiger partial charge in [0, 0.05) is 21.4 Å². The Balaban J connectivity index is 1.46. The van der Waals surface area contributed by atoms with E-state index >= 15 is 0 Å². The van der Waals surface area contributed by atoms with E-state index in [-0.39, 0.29) is 11.1 Å². The molecule has 0 fully saturated rings. The molecule has 3 aromatic carbocycles. The average molecular weight is 470 g/mol. The maximum atomic E-state index is 13.1. The Bertz CT molecular complexity index is 1640. The van der Waals surface area contributed by atoms with Crippen LogP contribution in [0.3, 0.4) is 0 Å². The Labute approximate surface area is 198 Å². The molecule has 0 saturated carbocycles. The summed E-state index contributed by atoms with van der Waals surface area (Å²) in [6.45, 7) is 0. The Morgan fingerprint density at radius 2 is 1.47 bits per heavy atom. The van der Waals surface area contributed by atoms with Gasteiger partial charge in [0.2, 0.25) is 0 Å². The zero-order valence-corrected chi connectivity index (χ0v) is 18.3. The van der Waals surface area contributed by atoms with Crippen LogP contribution in [0.5, 0.6) is 0 Å². The number of benzene rings is 3. The van der Waals surface area contributed by atoms with E-state index in [9.17, 15) is 14.4 Å². The number of rotatable bonds is 3. The predicted molar refractivity (Wildman–Crippen MR) is 130 cm³/mol. The van der Waals surface area contributed by atoms with Crippen LogP contribution < -0.4 is 16.5 Å². The number of hydrogen-bond donors (Lipinski definition) is 2. The van der Waals surface area contributed by atoms with Crippen molar-refractivity contribution >= 4 is 45.3 Å². The number of amides is 2. The highest BCUT2D eigenvalue weighted by molar-refractivity contribution is 6.33. The van der Waals surface area contributed by atoms with E-state index in [0.29, 0.717) is 38.2 Å². The van der Waals surface area contributed by atoms with E-state index in [1.165, 1.54) is 6.07 Å². The molecule has 8 heteroatoms. The fraction of sp³-hybridized carbons (Fsp3) is 0. The van der Waals surface area contributed by atoms with E-state index in [0.717, 1.165) is 0 Å². The number of fused-ring (bicyclic) bond motifs is 2. The first kappa shape index (κ1) is 21.4. The molecule has 0 bridgehead atoms. The number of nitrogens with zero attached hydrogens (tertiary/aromatic N) is 1. The van der Waals surface area contributed by atoms with Crippen molar-refractivity contribution in [3.05, 3.63) is 111 Å². The summed E-state index contributed by atoms with van der Waals surface area (Å²) in [5.41, 5.74) is 6.06. The number of carbonyl (C=O) groups is 2. The lowest BCUT2D eigenvalue weighted by atomic mass is 10.0. The van der Waals surface area contributed by atoms with Crippen LogP contribution in [0, 0.1) is 0 Å². The number of pyridine rings is 1. The van der Waals surface area contributed by atoms with Crippen LogP contribution >= 0.6 is 11.6 Å². The molecule has 0 aliphatic carbocycles. The Hall–Kier alpha value is -4.49. The topological polar surface area (TPSA) is 101 Å². The zero-order chi connectivity index (χ0) is 23.7. The quantitative estimate of drug-likeness (QED) is 0.293. The molecule has 5 aromatic rings. The zero-order valence-electron chi connectivity index (χ0n) is 17.5. The van der Waals surface area contributed by atoms with Crippen LogP contribution in [-0.4, -0.2) is 16.8 Å². The summed E-state index contributed by atoms with van der Waals surface area (Å²) < 4.78 is 5.19. The van der Waals surface area contributed by atoms with Crippen molar-refractivity contribution in [1.29, 1.82) is 0 Å². The molecule has 0 saturated heterocycles. The van der Waals surface area contributed by atoms with Crippen LogP contribution in [0.2, 0.25) is 5.02 Å². The average Bonchev–Trinajstić information content (AvgIpc) is 2.86. The highest BCUT2D eigenvalue weighted by Gasteiger charge is 2.18. The molecule has 34 heavy (non-hydrogen) atoms. The second kappa shape index (κ2) is 8.80. The van der Waals surface area contributed by atoms with Crippen molar-refractivity contribution in [3.8, 4) is 11.3 Å². The third-order valence-corrected chi connectivity index (χ3v) is 5.62. The minimum atomic E-state index is -0.805. The van der Waals surface area contributed by atoms with Gasteiger partial charge in [-0.05, 0) is 30.3 Å². The molecule has 2 heterocycles. The molecule has 2 amide bonds. The second-order valence-corrected chi connectivity index (χ2v) is 7.85. The molecule has 166 valence electrons. The number of para-hydroxylation sites is 2. The lowest BCUT2D eigenvalue weighted by Gasteiger charge is -2.12. The Morgan fingerprint density at radius 1 is 0.794 bits per heavy atom. The first-order valence-electron chi connectivity index (χ1n) is 10.3. The third-order valence-electron chi connectivity index (χ3n) is 5.29. The monoisotopic (exact) mass is 469 g/mol. The summed E-state index contributed by atoms with van der Waals surface area (Å²) in [4.78, 5) is 42.6. The molecule has 0 spiro atoms. The first-order valence-corrected chi connectivity index (χ1v) is 10.7. The van der Waals surface area contributed by atoms with Crippen molar-refractivity contribution < 1.29 is 14.0 Å². The maximum Gasteiger partial charge on any atom is 0.349 e. The number of aromatic nitrogens is 1. The number of halogens is 1. The molecular weight excluding hydrogens is 454 g/mol. The molecule has 0 aliphatic rings. The summed E-state index contributed by atoms with van der Waals surface area (Å²) in [5, 5.41) is 1.67. The van der Waals surface area contributed by atoms with E-state index < -0.39 is 17.4 Å². The van der Waals surface area contributed by atoms with Gasteiger partial charge >= 0.3 is 5.63 Å². The largest absolute Gasteiger partial charge is 0.422 e.